The molecular formula is C18H26N4S2. The molecule has 0 fully saturated rings. The first-order chi connectivity index (χ1) is 11.7. The highest BCUT2D eigenvalue weighted by Gasteiger charge is 2.01. The Morgan fingerprint density at radius 3 is 2.75 bits per heavy atom. The van der Waals surface area contributed by atoms with E-state index in [1.165, 1.54) is 18.4 Å². The van der Waals surface area contributed by atoms with Gasteiger partial charge in [0.1, 0.15) is 0 Å². The number of aromatic nitrogens is 2. The largest absolute Gasteiger partial charge is 0.362 e. The summed E-state index contributed by atoms with van der Waals surface area (Å²) in [7, 11) is 0. The van der Waals surface area contributed by atoms with E-state index >= 15 is 0 Å². The molecule has 0 aliphatic heterocycles. The summed E-state index contributed by atoms with van der Waals surface area (Å²) in [6, 6.07) is 8.52. The van der Waals surface area contributed by atoms with E-state index in [1.807, 2.05) is 18.7 Å². The molecule has 0 aliphatic carbocycles. The topological polar surface area (TPSA) is 52.7 Å². The van der Waals surface area contributed by atoms with Gasteiger partial charge in [-0.15, -0.1) is 0 Å². The molecule has 0 saturated heterocycles. The van der Waals surface area contributed by atoms with Crippen LogP contribution in [0.1, 0.15) is 36.7 Å². The summed E-state index contributed by atoms with van der Waals surface area (Å²) in [5.74, 6) is 1.92. The lowest BCUT2D eigenvalue weighted by Crippen LogP contribution is -2.30. The molecule has 2 aromatic rings. The van der Waals surface area contributed by atoms with E-state index in [0.29, 0.717) is 5.11 Å². The Morgan fingerprint density at radius 2 is 2.08 bits per heavy atom. The number of aromatic amines is 1. The van der Waals surface area contributed by atoms with Gasteiger partial charge < -0.3 is 15.6 Å². The first-order valence-electron chi connectivity index (χ1n) is 8.39. The fourth-order valence-corrected chi connectivity index (χ4v) is 3.34. The number of hydrogen-bond donors (Lipinski definition) is 3. The van der Waals surface area contributed by atoms with Gasteiger partial charge in [0, 0.05) is 29.4 Å². The maximum atomic E-state index is 5.34. The van der Waals surface area contributed by atoms with E-state index in [4.69, 9.17) is 12.2 Å². The summed E-state index contributed by atoms with van der Waals surface area (Å²) < 4.78 is 0. The monoisotopic (exact) mass is 362 g/mol. The average molecular weight is 363 g/mol. The molecule has 130 valence electrons. The number of imidazole rings is 1. The van der Waals surface area contributed by atoms with Gasteiger partial charge in [0.15, 0.2) is 5.11 Å². The molecule has 0 amide bonds. The predicted molar refractivity (Wildman–Crippen MR) is 109 cm³/mol. The minimum absolute atomic E-state index is 0.674. The molecule has 2 rings (SSSR count). The van der Waals surface area contributed by atoms with Crippen LogP contribution in [0.15, 0.2) is 30.6 Å². The van der Waals surface area contributed by atoms with E-state index < -0.39 is 0 Å². The molecule has 0 saturated carbocycles. The Labute approximate surface area is 154 Å². The van der Waals surface area contributed by atoms with Crippen LogP contribution in [0.2, 0.25) is 0 Å². The van der Waals surface area contributed by atoms with Crippen molar-refractivity contribution in [2.24, 2.45) is 0 Å². The van der Waals surface area contributed by atoms with E-state index in [9.17, 15) is 0 Å². The normalized spacial score (nSPS) is 10.6. The van der Waals surface area contributed by atoms with Crippen LogP contribution in [0.4, 0.5) is 5.69 Å². The number of rotatable bonds is 9. The molecule has 1 heterocycles. The van der Waals surface area contributed by atoms with Gasteiger partial charge in [-0.3, -0.25) is 0 Å². The van der Waals surface area contributed by atoms with Gasteiger partial charge in [-0.2, -0.15) is 11.8 Å². The summed E-state index contributed by atoms with van der Waals surface area (Å²) in [5.41, 5.74) is 4.69. The number of thiocarbonyl (C=S) groups is 1. The average Bonchev–Trinajstić information content (AvgIpc) is 2.99. The number of unbranched alkanes of at least 4 members (excludes halogenated alkanes) is 1. The van der Waals surface area contributed by atoms with E-state index in [-0.39, 0.29) is 0 Å². The van der Waals surface area contributed by atoms with Crippen molar-refractivity contribution >= 4 is 34.8 Å². The third-order valence-electron chi connectivity index (χ3n) is 3.74. The van der Waals surface area contributed by atoms with Gasteiger partial charge in [0.25, 0.3) is 0 Å². The molecule has 1 aromatic heterocycles. The summed E-state index contributed by atoms with van der Waals surface area (Å²) in [5, 5.41) is 7.15. The Hall–Kier alpha value is -1.53. The number of benzene rings is 1. The Balaban J connectivity index is 1.61. The van der Waals surface area contributed by atoms with E-state index in [2.05, 4.69) is 51.8 Å². The number of anilines is 1. The molecule has 24 heavy (non-hydrogen) atoms. The molecule has 0 unspecified atom stereocenters. The first-order valence-corrected chi connectivity index (χ1v) is 9.95. The second kappa shape index (κ2) is 10.4. The minimum Gasteiger partial charge on any atom is -0.362 e. The van der Waals surface area contributed by atoms with Crippen molar-refractivity contribution < 1.29 is 0 Å². The first kappa shape index (κ1) is 18.8. The van der Waals surface area contributed by atoms with Crippen LogP contribution >= 0.6 is 24.0 Å². The fourth-order valence-electron chi connectivity index (χ4n) is 2.25. The molecule has 0 aliphatic rings. The Bertz CT molecular complexity index is 622. The van der Waals surface area contributed by atoms with Crippen LogP contribution in [0.3, 0.4) is 0 Å². The highest BCUT2D eigenvalue weighted by molar-refractivity contribution is 7.98. The van der Waals surface area contributed by atoms with Crippen molar-refractivity contribution in [2.45, 2.75) is 38.9 Å². The molecule has 0 radical (unpaired) electrons. The van der Waals surface area contributed by atoms with Crippen LogP contribution in [0, 0.1) is 6.92 Å². The van der Waals surface area contributed by atoms with Crippen molar-refractivity contribution in [3.05, 3.63) is 47.5 Å². The van der Waals surface area contributed by atoms with Crippen molar-refractivity contribution in [1.29, 1.82) is 0 Å². The second-order valence-corrected chi connectivity index (χ2v) is 7.22. The lowest BCUT2D eigenvalue weighted by molar-refractivity contribution is 0.795. The molecule has 6 heteroatoms. The zero-order chi connectivity index (χ0) is 17.2. The van der Waals surface area contributed by atoms with Crippen LogP contribution < -0.4 is 10.6 Å². The van der Waals surface area contributed by atoms with Crippen LogP contribution in [0.25, 0.3) is 0 Å². The summed E-state index contributed by atoms with van der Waals surface area (Å²) in [4.78, 5) is 7.39. The lowest BCUT2D eigenvalue weighted by atomic mass is 10.1. The minimum atomic E-state index is 0.674. The number of H-pyrrole nitrogens is 1. The van der Waals surface area contributed by atoms with Gasteiger partial charge in [0.2, 0.25) is 0 Å². The third kappa shape index (κ3) is 6.53. The van der Waals surface area contributed by atoms with E-state index in [0.717, 1.165) is 41.5 Å². The molecule has 0 bridgehead atoms. The quantitative estimate of drug-likeness (QED) is 0.459. The molecule has 4 nitrogen and oxygen atoms in total. The van der Waals surface area contributed by atoms with Gasteiger partial charge in [-0.05, 0) is 49.7 Å². The Morgan fingerprint density at radius 1 is 1.29 bits per heavy atom. The highest BCUT2D eigenvalue weighted by Crippen LogP contribution is 2.13. The standard InChI is InChI=1S/C18H26N4S2/c1-3-4-5-15-6-8-16(9-7-15)22-18(23)19-10-11-24-12-17-14(2)20-13-21-17/h6-9,13H,3-5,10-12H2,1-2H3,(H,20,21)(H2,19,22,23). The fraction of sp³-hybridized carbons (Fsp3) is 0.444. The maximum absolute atomic E-state index is 5.34. The summed E-state index contributed by atoms with van der Waals surface area (Å²) in [6.07, 6.45) is 5.36. The second-order valence-electron chi connectivity index (χ2n) is 5.71. The number of nitrogens with zero attached hydrogens (tertiary/aromatic N) is 1. The SMILES string of the molecule is CCCCc1ccc(NC(=S)NCCSCc2nc[nH]c2C)cc1. The van der Waals surface area contributed by atoms with Crippen LogP contribution in [-0.4, -0.2) is 27.4 Å². The summed E-state index contributed by atoms with van der Waals surface area (Å²) >= 11 is 7.19. The summed E-state index contributed by atoms with van der Waals surface area (Å²) in [6.45, 7) is 5.11. The molecule has 3 N–H and O–H groups in total. The molecule has 1 aromatic carbocycles. The zero-order valence-corrected chi connectivity index (χ0v) is 16.0. The van der Waals surface area contributed by atoms with Gasteiger partial charge in [-0.1, -0.05) is 25.5 Å². The molecular weight excluding hydrogens is 336 g/mol. The smallest absolute Gasteiger partial charge is 0.170 e. The van der Waals surface area contributed by atoms with Crippen molar-refractivity contribution in [3.8, 4) is 0 Å². The highest BCUT2D eigenvalue weighted by atomic mass is 32.2. The lowest BCUT2D eigenvalue weighted by Gasteiger charge is -2.11. The molecule has 0 spiro atoms. The van der Waals surface area contributed by atoms with Gasteiger partial charge in [-0.25, -0.2) is 4.98 Å². The number of hydrogen-bond acceptors (Lipinski definition) is 3. The van der Waals surface area contributed by atoms with Gasteiger partial charge in [0.05, 0.1) is 12.0 Å². The Kier molecular flexibility index (Phi) is 8.12. The van der Waals surface area contributed by atoms with Crippen molar-refractivity contribution in [3.63, 3.8) is 0 Å². The third-order valence-corrected chi connectivity index (χ3v) is 4.95. The van der Waals surface area contributed by atoms with Crippen LogP contribution in [0.5, 0.6) is 0 Å². The number of aryl methyl sites for hydroxylation is 2. The number of thioether (sulfide) groups is 1. The zero-order valence-electron chi connectivity index (χ0n) is 14.4. The molecule has 0 atom stereocenters. The van der Waals surface area contributed by atoms with Crippen molar-refractivity contribution in [2.75, 3.05) is 17.6 Å². The maximum Gasteiger partial charge on any atom is 0.170 e. The van der Waals surface area contributed by atoms with E-state index in [1.54, 1.807) is 6.33 Å². The predicted octanol–water partition coefficient (Wildman–Crippen LogP) is 4.28. The van der Waals surface area contributed by atoms with Gasteiger partial charge >= 0.3 is 0 Å². The van der Waals surface area contributed by atoms with Crippen LogP contribution in [-0.2, 0) is 12.2 Å². The van der Waals surface area contributed by atoms with Crippen molar-refractivity contribution in [1.82, 2.24) is 15.3 Å². The number of nitrogens with one attached hydrogen (secondary N) is 3.